The van der Waals surface area contributed by atoms with Crippen LogP contribution in [0.2, 0.25) is 20.1 Å². The van der Waals surface area contributed by atoms with E-state index >= 15 is 0 Å². The summed E-state index contributed by atoms with van der Waals surface area (Å²) in [5.74, 6) is -5.67. The molecule has 0 aliphatic carbocycles. The van der Waals surface area contributed by atoms with Crippen LogP contribution < -0.4 is 9.47 Å². The van der Waals surface area contributed by atoms with Crippen LogP contribution in [0.3, 0.4) is 0 Å². The first-order valence-corrected chi connectivity index (χ1v) is 16.5. The van der Waals surface area contributed by atoms with Crippen molar-refractivity contribution in [2.24, 2.45) is 0 Å². The number of unbranched alkanes of at least 4 members (excludes halogenated alkanes) is 7. The van der Waals surface area contributed by atoms with Crippen LogP contribution in [-0.2, 0) is 18.9 Å². The molecule has 0 unspecified atom stereocenters. The number of amides is 1. The Morgan fingerprint density at radius 1 is 0.818 bits per heavy atom. The molecule has 246 valence electrons. The summed E-state index contributed by atoms with van der Waals surface area (Å²) in [6.07, 6.45) is 1.42. The molecule has 0 saturated carbocycles. The molecular formula is C27H31Cl4F3NO8P. The van der Waals surface area contributed by atoms with Gasteiger partial charge in [-0.1, -0.05) is 98.3 Å². The molecule has 17 heteroatoms. The van der Waals surface area contributed by atoms with E-state index in [2.05, 4.69) is 6.92 Å². The Labute approximate surface area is 272 Å². The van der Waals surface area contributed by atoms with Crippen molar-refractivity contribution >= 4 is 65.9 Å². The Morgan fingerprint density at radius 2 is 1.27 bits per heavy atom. The maximum atomic E-state index is 13.9. The summed E-state index contributed by atoms with van der Waals surface area (Å²) in [4.78, 5) is 45.9. The van der Waals surface area contributed by atoms with Gasteiger partial charge in [0.25, 0.3) is 0 Å². The van der Waals surface area contributed by atoms with Crippen molar-refractivity contribution in [2.75, 3.05) is 13.2 Å². The third kappa shape index (κ3) is 11.2. The van der Waals surface area contributed by atoms with Crippen molar-refractivity contribution in [3.8, 4) is 11.5 Å². The highest BCUT2D eigenvalue weighted by Crippen LogP contribution is 2.56. The maximum absolute atomic E-state index is 13.9. The average Bonchev–Trinajstić information content (AvgIpc) is 2.91. The SMILES string of the molecule is CCCCCCCCCCOC(=O)CN(C(=O)C(F)(F)F)C(Oc1ccc(Cl)cc1Cl)(Oc1ccc(Cl)cc1Cl)P(=O)(O)O. The van der Waals surface area contributed by atoms with Gasteiger partial charge in [0.1, 0.15) is 18.0 Å². The second-order valence-electron chi connectivity index (χ2n) is 9.53. The topological polar surface area (TPSA) is 123 Å². The standard InChI is InChI=1S/C27H31Cl4F3NO8P/c1-2-3-4-5-6-7-8-9-14-41-24(36)17-35(25(37)26(32,33)34)27(44(38,39)40,42-22-12-10-18(28)15-20(22)30)43-23-13-11-19(29)16-21(23)31/h10-13,15-16H,2-9,14,17H2,1H3,(H2,38,39,40). The van der Waals surface area contributed by atoms with Crippen LogP contribution in [-0.4, -0.2) is 51.5 Å². The molecule has 1 amide bonds. The van der Waals surface area contributed by atoms with Crippen molar-refractivity contribution in [2.45, 2.75) is 70.1 Å². The molecule has 2 aromatic rings. The van der Waals surface area contributed by atoms with E-state index in [1.54, 1.807) is 0 Å². The molecule has 2 N–H and O–H groups in total. The van der Waals surface area contributed by atoms with Gasteiger partial charge in [-0.25, -0.2) is 9.46 Å². The van der Waals surface area contributed by atoms with Gasteiger partial charge in [-0.2, -0.15) is 13.2 Å². The molecule has 0 saturated heterocycles. The summed E-state index contributed by atoms with van der Waals surface area (Å²) in [5.41, 5.74) is -3.99. The molecule has 9 nitrogen and oxygen atoms in total. The molecule has 0 radical (unpaired) electrons. The van der Waals surface area contributed by atoms with Gasteiger partial charge < -0.3 is 24.0 Å². The van der Waals surface area contributed by atoms with E-state index in [9.17, 15) is 37.1 Å². The van der Waals surface area contributed by atoms with E-state index in [1.807, 2.05) is 0 Å². The van der Waals surface area contributed by atoms with E-state index in [1.165, 1.54) is 0 Å². The van der Waals surface area contributed by atoms with Gasteiger partial charge in [-0.3, -0.25) is 9.59 Å². The summed E-state index contributed by atoms with van der Waals surface area (Å²) < 4.78 is 70.6. The number of carbonyl (C=O) groups excluding carboxylic acids is 2. The lowest BCUT2D eigenvalue weighted by molar-refractivity contribution is -0.224. The Kier molecular flexibility index (Phi) is 14.9. The number of hydrogen-bond acceptors (Lipinski definition) is 6. The van der Waals surface area contributed by atoms with Crippen molar-refractivity contribution in [1.29, 1.82) is 0 Å². The van der Waals surface area contributed by atoms with E-state index in [-0.39, 0.29) is 16.7 Å². The quantitative estimate of drug-likeness (QED) is 0.0719. The second-order valence-corrected chi connectivity index (χ2v) is 12.9. The molecule has 0 aliphatic rings. The van der Waals surface area contributed by atoms with Crippen LogP contribution in [0.5, 0.6) is 11.5 Å². The lowest BCUT2D eigenvalue weighted by Crippen LogP contribution is -2.63. The fraction of sp³-hybridized carbons (Fsp3) is 0.481. The fourth-order valence-corrected chi connectivity index (χ4v) is 5.66. The molecule has 44 heavy (non-hydrogen) atoms. The van der Waals surface area contributed by atoms with E-state index in [0.29, 0.717) is 12.8 Å². The summed E-state index contributed by atoms with van der Waals surface area (Å²) in [5, 5.41) is -0.812. The highest BCUT2D eigenvalue weighted by Gasteiger charge is 2.65. The molecule has 0 spiro atoms. The predicted octanol–water partition coefficient (Wildman–Crippen LogP) is 8.62. The van der Waals surface area contributed by atoms with Gasteiger partial charge in [-0.05, 0) is 42.8 Å². The van der Waals surface area contributed by atoms with Gasteiger partial charge in [0, 0.05) is 10.0 Å². The van der Waals surface area contributed by atoms with E-state index < -0.39 is 64.3 Å². The normalized spacial score (nSPS) is 12.1. The van der Waals surface area contributed by atoms with Crippen LogP contribution in [0.1, 0.15) is 58.3 Å². The Morgan fingerprint density at radius 3 is 1.68 bits per heavy atom. The van der Waals surface area contributed by atoms with Crippen molar-refractivity contribution in [1.82, 2.24) is 4.90 Å². The zero-order valence-corrected chi connectivity index (χ0v) is 27.3. The number of halogens is 7. The second kappa shape index (κ2) is 17.1. The van der Waals surface area contributed by atoms with Crippen molar-refractivity contribution < 1.29 is 51.3 Å². The molecule has 2 rings (SSSR count). The Bertz CT molecular complexity index is 1280. The predicted molar refractivity (Wildman–Crippen MR) is 160 cm³/mol. The zero-order valence-electron chi connectivity index (χ0n) is 23.4. The van der Waals surface area contributed by atoms with Gasteiger partial charge in [-0.15, -0.1) is 0 Å². The largest absolute Gasteiger partial charge is 0.471 e. The molecule has 0 fully saturated rings. The fourth-order valence-electron chi connectivity index (χ4n) is 3.86. The Balaban J connectivity index is 2.49. The number of nitrogens with zero attached hydrogens (tertiary/aromatic N) is 1. The highest BCUT2D eigenvalue weighted by molar-refractivity contribution is 7.53. The molecule has 0 bridgehead atoms. The van der Waals surface area contributed by atoms with Gasteiger partial charge >= 0.3 is 31.3 Å². The van der Waals surface area contributed by atoms with E-state index in [0.717, 1.165) is 74.9 Å². The first-order valence-electron chi connectivity index (χ1n) is 13.4. The number of carbonyl (C=O) groups is 2. The lowest BCUT2D eigenvalue weighted by Gasteiger charge is -2.41. The molecule has 0 heterocycles. The first kappa shape index (κ1) is 38.3. The zero-order chi connectivity index (χ0) is 33.1. The molecular weight excluding hydrogens is 696 g/mol. The summed E-state index contributed by atoms with van der Waals surface area (Å²) in [6.45, 7) is 0.217. The minimum absolute atomic E-state index is 0.0264. The minimum atomic E-state index is -6.22. The van der Waals surface area contributed by atoms with Crippen LogP contribution in [0, 0.1) is 0 Å². The molecule has 0 aromatic heterocycles. The lowest BCUT2D eigenvalue weighted by atomic mass is 10.1. The highest BCUT2D eigenvalue weighted by atomic mass is 35.5. The average molecular weight is 727 g/mol. The first-order chi connectivity index (χ1) is 20.5. The minimum Gasteiger partial charge on any atom is -0.464 e. The van der Waals surface area contributed by atoms with Gasteiger partial charge in [0.2, 0.25) is 0 Å². The van der Waals surface area contributed by atoms with Crippen molar-refractivity contribution in [3.05, 3.63) is 56.5 Å². The molecule has 0 aliphatic heterocycles. The summed E-state index contributed by atoms with van der Waals surface area (Å²) in [6, 6.07) is 6.28. The maximum Gasteiger partial charge on any atom is 0.471 e. The van der Waals surface area contributed by atoms with Gasteiger partial charge in [0.05, 0.1) is 16.7 Å². The molecule has 0 atom stereocenters. The summed E-state index contributed by atoms with van der Waals surface area (Å²) in [7, 11) is -6.22. The van der Waals surface area contributed by atoms with Crippen LogP contribution in [0.15, 0.2) is 36.4 Å². The number of rotatable bonds is 17. The summed E-state index contributed by atoms with van der Waals surface area (Å²) >= 11 is 23.9. The van der Waals surface area contributed by atoms with Crippen LogP contribution >= 0.6 is 54.0 Å². The monoisotopic (exact) mass is 725 g/mol. The molecule has 2 aromatic carbocycles. The number of hydrogen-bond donors (Lipinski definition) is 2. The van der Waals surface area contributed by atoms with E-state index in [4.69, 9.17) is 60.6 Å². The smallest absolute Gasteiger partial charge is 0.464 e. The third-order valence-electron chi connectivity index (χ3n) is 6.02. The van der Waals surface area contributed by atoms with Crippen LogP contribution in [0.25, 0.3) is 0 Å². The van der Waals surface area contributed by atoms with Crippen molar-refractivity contribution in [3.63, 3.8) is 0 Å². The number of alkyl halides is 3. The third-order valence-corrected chi connectivity index (χ3v) is 8.24. The van der Waals surface area contributed by atoms with Crippen LogP contribution in [0.4, 0.5) is 13.2 Å². The number of ether oxygens (including phenoxy) is 3. The Hall–Kier alpha value is -1.92. The van der Waals surface area contributed by atoms with Gasteiger partial charge in [0.15, 0.2) is 0 Å². The number of benzene rings is 2. The number of esters is 1.